The molecule has 0 atom stereocenters. The third kappa shape index (κ3) is 3.13. The fourth-order valence-electron chi connectivity index (χ4n) is 1.52. The molecular weight excluding hydrogens is 239 g/mol. The van der Waals surface area contributed by atoms with Crippen molar-refractivity contribution in [1.29, 1.82) is 0 Å². The van der Waals surface area contributed by atoms with Crippen LogP contribution in [0.5, 0.6) is 0 Å². The Morgan fingerprint density at radius 3 is 2.67 bits per heavy atom. The predicted molar refractivity (Wildman–Crippen MR) is 64.8 cm³/mol. The molecule has 0 radical (unpaired) electrons. The number of hydrogen-bond donors (Lipinski definition) is 0. The molecule has 0 N–H and O–H groups in total. The summed E-state index contributed by atoms with van der Waals surface area (Å²) in [4.78, 5) is 23.3. The van der Waals surface area contributed by atoms with Crippen LogP contribution in [-0.2, 0) is 0 Å². The van der Waals surface area contributed by atoms with Crippen LogP contribution in [0.2, 0.25) is 0 Å². The fraction of sp³-hybridized carbons (Fsp3) is 0.250. The zero-order chi connectivity index (χ0) is 13.9. The first-order valence-electron chi connectivity index (χ1n) is 5.16. The van der Waals surface area contributed by atoms with Gasteiger partial charge in [0.05, 0.1) is 4.92 Å². The average Bonchev–Trinajstić information content (AvgIpc) is 2.26. The number of halogens is 1. The van der Waals surface area contributed by atoms with E-state index in [9.17, 15) is 19.3 Å². The summed E-state index contributed by atoms with van der Waals surface area (Å²) < 4.78 is 13.1. The summed E-state index contributed by atoms with van der Waals surface area (Å²) >= 11 is 0. The second-order valence-corrected chi connectivity index (χ2v) is 4.04. The highest BCUT2D eigenvalue weighted by atomic mass is 19.1. The Labute approximate surface area is 104 Å². The van der Waals surface area contributed by atoms with Crippen LogP contribution in [0.3, 0.4) is 0 Å². The standard InChI is InChI=1S/C12H13FN2O3/c1-8(2)7-14(3)12(16)10-6-9(13)4-5-11(10)15(17)18/h4-6H,1,7H2,2-3H3. The number of carbonyl (C=O) groups is 1. The van der Waals surface area contributed by atoms with Gasteiger partial charge in [0, 0.05) is 19.7 Å². The van der Waals surface area contributed by atoms with E-state index >= 15 is 0 Å². The maximum Gasteiger partial charge on any atom is 0.282 e. The topological polar surface area (TPSA) is 63.5 Å². The first kappa shape index (κ1) is 13.8. The molecule has 0 saturated carbocycles. The molecule has 0 heterocycles. The van der Waals surface area contributed by atoms with Gasteiger partial charge >= 0.3 is 0 Å². The van der Waals surface area contributed by atoms with Crippen LogP contribution in [0, 0.1) is 15.9 Å². The van der Waals surface area contributed by atoms with Gasteiger partial charge in [-0.05, 0) is 19.1 Å². The van der Waals surface area contributed by atoms with E-state index < -0.39 is 22.3 Å². The summed E-state index contributed by atoms with van der Waals surface area (Å²) in [7, 11) is 1.48. The molecule has 0 fully saturated rings. The Hall–Kier alpha value is -2.24. The number of carbonyl (C=O) groups excluding carboxylic acids is 1. The molecule has 96 valence electrons. The lowest BCUT2D eigenvalue weighted by atomic mass is 10.1. The molecule has 1 aromatic carbocycles. The molecule has 1 aromatic rings. The molecule has 0 saturated heterocycles. The lowest BCUT2D eigenvalue weighted by Gasteiger charge is -2.17. The van der Waals surface area contributed by atoms with E-state index in [0.29, 0.717) is 0 Å². The molecule has 0 spiro atoms. The van der Waals surface area contributed by atoms with Gasteiger partial charge in [-0.25, -0.2) is 4.39 Å². The minimum atomic E-state index is -0.707. The van der Waals surface area contributed by atoms with E-state index in [4.69, 9.17) is 0 Å². The summed E-state index contributed by atoms with van der Waals surface area (Å²) in [6, 6.07) is 2.81. The number of nitro groups is 1. The van der Waals surface area contributed by atoms with Crippen molar-refractivity contribution in [3.63, 3.8) is 0 Å². The maximum absolute atomic E-state index is 13.1. The molecule has 0 aliphatic heterocycles. The number of amides is 1. The number of hydrogen-bond acceptors (Lipinski definition) is 3. The lowest BCUT2D eigenvalue weighted by molar-refractivity contribution is -0.385. The van der Waals surface area contributed by atoms with Crippen molar-refractivity contribution in [2.45, 2.75) is 6.92 Å². The van der Waals surface area contributed by atoms with Crippen LogP contribution in [-0.4, -0.2) is 29.3 Å². The molecule has 0 aliphatic carbocycles. The van der Waals surface area contributed by atoms with E-state index in [1.165, 1.54) is 11.9 Å². The van der Waals surface area contributed by atoms with Gasteiger partial charge in [-0.2, -0.15) is 0 Å². The van der Waals surface area contributed by atoms with Crippen LogP contribution >= 0.6 is 0 Å². The Kier molecular flexibility index (Phi) is 4.14. The van der Waals surface area contributed by atoms with Crippen LogP contribution in [0.1, 0.15) is 17.3 Å². The van der Waals surface area contributed by atoms with Crippen LogP contribution in [0.25, 0.3) is 0 Å². The molecule has 0 unspecified atom stereocenters. The van der Waals surface area contributed by atoms with Crippen LogP contribution in [0.4, 0.5) is 10.1 Å². The predicted octanol–water partition coefficient (Wildman–Crippen LogP) is 2.38. The SMILES string of the molecule is C=C(C)CN(C)C(=O)c1cc(F)ccc1[N+](=O)[O-]. The number of nitrogens with zero attached hydrogens (tertiary/aromatic N) is 2. The van der Waals surface area contributed by atoms with Gasteiger partial charge < -0.3 is 4.90 Å². The van der Waals surface area contributed by atoms with Gasteiger partial charge in [0.15, 0.2) is 0 Å². The largest absolute Gasteiger partial charge is 0.338 e. The van der Waals surface area contributed by atoms with Gasteiger partial charge in [-0.3, -0.25) is 14.9 Å². The van der Waals surface area contributed by atoms with E-state index in [1.807, 2.05) is 0 Å². The smallest absolute Gasteiger partial charge is 0.282 e. The summed E-state index contributed by atoms with van der Waals surface area (Å²) in [5.74, 6) is -1.29. The van der Waals surface area contributed by atoms with Gasteiger partial charge in [-0.15, -0.1) is 0 Å². The molecule has 1 amide bonds. The van der Waals surface area contributed by atoms with Crippen LogP contribution < -0.4 is 0 Å². The van der Waals surface area contributed by atoms with Crippen molar-refractivity contribution in [2.24, 2.45) is 0 Å². The molecule has 18 heavy (non-hydrogen) atoms. The molecular formula is C12H13FN2O3. The highest BCUT2D eigenvalue weighted by Gasteiger charge is 2.23. The van der Waals surface area contributed by atoms with Gasteiger partial charge in [0.2, 0.25) is 0 Å². The fourth-order valence-corrected chi connectivity index (χ4v) is 1.52. The highest BCUT2D eigenvalue weighted by Crippen LogP contribution is 2.21. The number of benzene rings is 1. The number of likely N-dealkylation sites (N-methyl/N-ethyl adjacent to an activating group) is 1. The molecule has 1 rings (SSSR count). The molecule has 0 aromatic heterocycles. The zero-order valence-electron chi connectivity index (χ0n) is 10.1. The highest BCUT2D eigenvalue weighted by molar-refractivity contribution is 5.98. The molecule has 0 bridgehead atoms. The van der Waals surface area contributed by atoms with Crippen molar-refractivity contribution < 1.29 is 14.1 Å². The Bertz CT molecular complexity index is 514. The number of rotatable bonds is 4. The zero-order valence-corrected chi connectivity index (χ0v) is 10.1. The normalized spacial score (nSPS) is 9.94. The first-order chi connectivity index (χ1) is 8.32. The van der Waals surface area contributed by atoms with E-state index in [2.05, 4.69) is 6.58 Å². The maximum atomic E-state index is 13.1. The van der Waals surface area contributed by atoms with Crippen molar-refractivity contribution in [1.82, 2.24) is 4.90 Å². The second-order valence-electron chi connectivity index (χ2n) is 4.04. The van der Waals surface area contributed by atoms with Crippen molar-refractivity contribution in [2.75, 3.05) is 13.6 Å². The third-order valence-electron chi connectivity index (χ3n) is 2.24. The molecule has 0 aliphatic rings. The quantitative estimate of drug-likeness (QED) is 0.469. The Morgan fingerprint density at radius 2 is 2.17 bits per heavy atom. The van der Waals surface area contributed by atoms with Gasteiger partial charge in [-0.1, -0.05) is 12.2 Å². The van der Waals surface area contributed by atoms with E-state index in [0.717, 1.165) is 23.8 Å². The van der Waals surface area contributed by atoms with Crippen molar-refractivity contribution in [3.8, 4) is 0 Å². The lowest BCUT2D eigenvalue weighted by Crippen LogP contribution is -2.28. The molecule has 6 heteroatoms. The minimum Gasteiger partial charge on any atom is -0.338 e. The van der Waals surface area contributed by atoms with E-state index in [-0.39, 0.29) is 12.1 Å². The summed E-state index contributed by atoms with van der Waals surface area (Å²) in [6.07, 6.45) is 0. The third-order valence-corrected chi connectivity index (χ3v) is 2.24. The minimum absolute atomic E-state index is 0.256. The van der Waals surface area contributed by atoms with Crippen LogP contribution in [0.15, 0.2) is 30.4 Å². The van der Waals surface area contributed by atoms with Crippen molar-refractivity contribution in [3.05, 3.63) is 51.8 Å². The van der Waals surface area contributed by atoms with Gasteiger partial charge in [0.25, 0.3) is 11.6 Å². The summed E-state index contributed by atoms with van der Waals surface area (Å²) in [6.45, 7) is 5.63. The Morgan fingerprint density at radius 1 is 1.56 bits per heavy atom. The molecule has 5 nitrogen and oxygen atoms in total. The second kappa shape index (κ2) is 5.39. The van der Waals surface area contributed by atoms with E-state index in [1.54, 1.807) is 6.92 Å². The van der Waals surface area contributed by atoms with Gasteiger partial charge in [0.1, 0.15) is 11.4 Å². The monoisotopic (exact) mass is 252 g/mol. The summed E-state index contributed by atoms with van der Waals surface area (Å²) in [5.41, 5.74) is 0.0589. The number of nitro benzene ring substituents is 1. The summed E-state index contributed by atoms with van der Waals surface area (Å²) in [5, 5.41) is 10.8. The first-order valence-corrected chi connectivity index (χ1v) is 5.16. The average molecular weight is 252 g/mol. The Balaban J connectivity index is 3.15. The van der Waals surface area contributed by atoms with Crippen molar-refractivity contribution >= 4 is 11.6 Å².